The highest BCUT2D eigenvalue weighted by molar-refractivity contribution is 7.99. The predicted octanol–water partition coefficient (Wildman–Crippen LogP) is 4.37. The molecule has 2 rings (SSSR count). The minimum atomic E-state index is -4.75. The van der Waals surface area contributed by atoms with E-state index >= 15 is 0 Å². The summed E-state index contributed by atoms with van der Waals surface area (Å²) in [5.41, 5.74) is -2.60. The summed E-state index contributed by atoms with van der Waals surface area (Å²) in [7, 11) is 0. The monoisotopic (exact) mass is 362 g/mol. The van der Waals surface area contributed by atoms with Crippen LogP contribution in [0.5, 0.6) is 0 Å². The fourth-order valence-corrected chi connectivity index (χ4v) is 3.19. The van der Waals surface area contributed by atoms with E-state index in [2.05, 4.69) is 0 Å². The molecule has 0 amide bonds. The third-order valence-corrected chi connectivity index (χ3v) is 4.89. The number of aliphatic hydroxyl groups is 1. The van der Waals surface area contributed by atoms with Crippen molar-refractivity contribution in [2.45, 2.75) is 37.9 Å². The zero-order chi connectivity index (χ0) is 18.3. The lowest BCUT2D eigenvalue weighted by Gasteiger charge is -2.27. The molecule has 2 aromatic rings. The third kappa shape index (κ3) is 3.67. The Morgan fingerprint density at radius 2 is 1.96 bits per heavy atom. The van der Waals surface area contributed by atoms with Crippen LogP contribution >= 0.6 is 11.8 Å². The maximum absolute atomic E-state index is 13.5. The van der Waals surface area contributed by atoms with Crippen LogP contribution in [0.2, 0.25) is 0 Å². The zero-order valence-corrected chi connectivity index (χ0v) is 14.1. The summed E-state index contributed by atoms with van der Waals surface area (Å²) < 4.78 is 40.6. The first-order valence-electron chi connectivity index (χ1n) is 7.15. The number of halogens is 3. The number of nitro groups is 1. The number of benzene rings is 1. The van der Waals surface area contributed by atoms with Crippen molar-refractivity contribution in [3.05, 3.63) is 40.1 Å². The van der Waals surface area contributed by atoms with E-state index in [1.807, 2.05) is 13.8 Å². The molecule has 9 heteroatoms. The van der Waals surface area contributed by atoms with Gasteiger partial charge in [0.05, 0.1) is 16.1 Å². The van der Waals surface area contributed by atoms with Gasteiger partial charge in [-0.2, -0.15) is 11.8 Å². The van der Waals surface area contributed by atoms with E-state index in [1.165, 1.54) is 18.7 Å². The van der Waals surface area contributed by atoms with Gasteiger partial charge >= 0.3 is 6.30 Å². The molecule has 0 aliphatic carbocycles. The Morgan fingerprint density at radius 1 is 1.33 bits per heavy atom. The topological polar surface area (TPSA) is 68.3 Å². The largest absolute Gasteiger partial charge is 0.489 e. The number of nitro benzene ring substituents is 1. The van der Waals surface area contributed by atoms with Crippen molar-refractivity contribution >= 4 is 28.4 Å². The van der Waals surface area contributed by atoms with E-state index in [-0.39, 0.29) is 37.9 Å². The number of hydrogen-bond acceptors (Lipinski definition) is 4. The number of non-ortho nitro benzene ring substituents is 1. The summed E-state index contributed by atoms with van der Waals surface area (Å²) in [4.78, 5) is 10.2. The molecule has 1 aromatic heterocycles. The van der Waals surface area contributed by atoms with E-state index in [0.717, 1.165) is 24.3 Å². The molecule has 132 valence electrons. The fraction of sp³-hybridized carbons (Fsp3) is 0.467. The zero-order valence-electron chi connectivity index (χ0n) is 13.3. The van der Waals surface area contributed by atoms with Gasteiger partial charge in [0, 0.05) is 23.3 Å². The molecule has 0 aliphatic heterocycles. The first-order chi connectivity index (χ1) is 10.9. The first-order valence-corrected chi connectivity index (χ1v) is 8.20. The normalized spacial score (nSPS) is 15.0. The van der Waals surface area contributed by atoms with Gasteiger partial charge in [0.25, 0.3) is 5.69 Å². The molecule has 5 nitrogen and oxygen atoms in total. The molecule has 1 heterocycles. The van der Waals surface area contributed by atoms with Gasteiger partial charge in [-0.3, -0.25) is 14.7 Å². The van der Waals surface area contributed by atoms with Crippen LogP contribution in [0.1, 0.15) is 26.5 Å². The van der Waals surface area contributed by atoms with Crippen LogP contribution in [0.15, 0.2) is 24.3 Å². The van der Waals surface area contributed by atoms with Crippen molar-refractivity contribution in [2.75, 3.05) is 5.75 Å². The minimum Gasteiger partial charge on any atom is -0.383 e. The Bertz CT molecular complexity index is 769. The summed E-state index contributed by atoms with van der Waals surface area (Å²) in [5.74, 6) is 0.0686. The van der Waals surface area contributed by atoms with Crippen molar-refractivity contribution in [3.63, 3.8) is 0 Å². The van der Waals surface area contributed by atoms with Crippen molar-refractivity contribution in [2.24, 2.45) is 0 Å². The molecule has 0 bridgehead atoms. The van der Waals surface area contributed by atoms with Crippen molar-refractivity contribution in [1.29, 1.82) is 0 Å². The summed E-state index contributed by atoms with van der Waals surface area (Å²) in [6.45, 7) is 5.07. The molecule has 0 saturated heterocycles. The second-order valence-corrected chi connectivity index (χ2v) is 7.53. The molecule has 1 aromatic carbocycles. The lowest BCUT2D eigenvalue weighted by atomic mass is 10.1. The molecule has 1 N–H and O–H groups in total. The number of thioether (sulfide) groups is 1. The van der Waals surface area contributed by atoms with Crippen molar-refractivity contribution in [3.8, 4) is 0 Å². The SMILES string of the molecule is CC(C)SCC(C)(O)c1cc2cc([N+](=O)[O-])ccc2n1C(F)(F)F. The van der Waals surface area contributed by atoms with Gasteiger partial charge in [0.2, 0.25) is 0 Å². The highest BCUT2D eigenvalue weighted by atomic mass is 32.2. The smallest absolute Gasteiger partial charge is 0.383 e. The second-order valence-electron chi connectivity index (χ2n) is 5.97. The summed E-state index contributed by atoms with van der Waals surface area (Å²) in [6, 6.07) is 4.31. The Morgan fingerprint density at radius 3 is 2.46 bits per heavy atom. The molecule has 0 spiro atoms. The number of rotatable bonds is 5. The van der Waals surface area contributed by atoms with E-state index < -0.39 is 16.8 Å². The lowest BCUT2D eigenvalue weighted by Crippen LogP contribution is -2.32. The third-order valence-electron chi connectivity index (χ3n) is 3.50. The van der Waals surface area contributed by atoms with Crippen LogP contribution in [-0.4, -0.2) is 25.6 Å². The second kappa shape index (κ2) is 6.29. The van der Waals surface area contributed by atoms with Gasteiger partial charge in [-0.05, 0) is 24.3 Å². The maximum Gasteiger partial charge on any atom is 0.489 e. The number of nitrogens with zero attached hydrogens (tertiary/aromatic N) is 2. The van der Waals surface area contributed by atoms with Crippen molar-refractivity contribution in [1.82, 2.24) is 4.57 Å². The predicted molar refractivity (Wildman–Crippen MR) is 87.1 cm³/mol. The first kappa shape index (κ1) is 18.6. The lowest BCUT2D eigenvalue weighted by molar-refractivity contribution is -0.384. The maximum atomic E-state index is 13.5. The molecular formula is C15H17F3N2O3S. The van der Waals surface area contributed by atoms with Crippen LogP contribution in [0.25, 0.3) is 10.9 Å². The standard InChI is InChI=1S/C15H17F3N2O3S/c1-9(2)24-8-14(3,21)13-7-10-6-11(20(22)23)4-5-12(10)19(13)15(16,17)18/h4-7,9,21H,8H2,1-3H3. The van der Waals surface area contributed by atoms with Gasteiger partial charge in [0.15, 0.2) is 0 Å². The Labute approximate surface area is 140 Å². The van der Waals surface area contributed by atoms with Crippen LogP contribution in [0.3, 0.4) is 0 Å². The number of aromatic nitrogens is 1. The minimum absolute atomic E-state index is 0.0614. The number of hydrogen-bond donors (Lipinski definition) is 1. The van der Waals surface area contributed by atoms with Crippen molar-refractivity contribution < 1.29 is 23.2 Å². The average molecular weight is 362 g/mol. The highest BCUT2D eigenvalue weighted by Crippen LogP contribution is 2.38. The van der Waals surface area contributed by atoms with E-state index in [0.29, 0.717) is 0 Å². The molecule has 0 fully saturated rings. The van der Waals surface area contributed by atoms with Crippen LogP contribution < -0.4 is 0 Å². The Hall–Kier alpha value is -1.74. The van der Waals surface area contributed by atoms with Crippen LogP contribution in [-0.2, 0) is 11.9 Å². The van der Waals surface area contributed by atoms with Gasteiger partial charge in [-0.1, -0.05) is 13.8 Å². The summed E-state index contributed by atoms with van der Waals surface area (Å²) in [6.07, 6.45) is -4.75. The van der Waals surface area contributed by atoms with Gasteiger partial charge in [-0.15, -0.1) is 13.2 Å². The quantitative estimate of drug-likeness (QED) is 0.633. The number of fused-ring (bicyclic) bond motifs is 1. The average Bonchev–Trinajstić information content (AvgIpc) is 2.84. The summed E-state index contributed by atoms with van der Waals surface area (Å²) >= 11 is 1.33. The molecule has 1 unspecified atom stereocenters. The highest BCUT2D eigenvalue weighted by Gasteiger charge is 2.40. The Balaban J connectivity index is 2.65. The molecule has 0 aliphatic rings. The van der Waals surface area contributed by atoms with E-state index in [4.69, 9.17) is 0 Å². The molecule has 24 heavy (non-hydrogen) atoms. The van der Waals surface area contributed by atoms with Gasteiger partial charge < -0.3 is 5.11 Å². The Kier molecular flexibility index (Phi) is 4.87. The molecule has 0 saturated carbocycles. The van der Waals surface area contributed by atoms with Gasteiger partial charge in [0.1, 0.15) is 5.60 Å². The van der Waals surface area contributed by atoms with Crippen LogP contribution in [0.4, 0.5) is 18.9 Å². The van der Waals surface area contributed by atoms with E-state index in [9.17, 15) is 28.4 Å². The van der Waals surface area contributed by atoms with Gasteiger partial charge in [-0.25, -0.2) is 0 Å². The van der Waals surface area contributed by atoms with Crippen LogP contribution in [0, 0.1) is 10.1 Å². The fourth-order valence-electron chi connectivity index (χ4n) is 2.39. The number of alkyl halides is 3. The molecular weight excluding hydrogens is 345 g/mol. The van der Waals surface area contributed by atoms with E-state index in [1.54, 1.807) is 0 Å². The molecule has 0 radical (unpaired) electrons. The summed E-state index contributed by atoms with van der Waals surface area (Å²) in [5, 5.41) is 21.6. The molecule has 1 atom stereocenters.